The van der Waals surface area contributed by atoms with Crippen molar-refractivity contribution in [3.63, 3.8) is 0 Å². The van der Waals surface area contributed by atoms with Crippen LogP contribution in [0.3, 0.4) is 0 Å². The molecule has 1 nitrogen and oxygen atoms in total. The minimum absolute atomic E-state index is 0.253. The van der Waals surface area contributed by atoms with E-state index in [2.05, 4.69) is 33.0 Å². The summed E-state index contributed by atoms with van der Waals surface area (Å²) in [7, 11) is 0. The van der Waals surface area contributed by atoms with E-state index in [-0.39, 0.29) is 6.67 Å². The molecule has 1 rings (SSSR count). The molecular formula is C12H24FN. The van der Waals surface area contributed by atoms with Gasteiger partial charge in [0.2, 0.25) is 0 Å². The van der Waals surface area contributed by atoms with E-state index in [9.17, 15) is 4.39 Å². The molecule has 0 spiro atoms. The standard InChI is InChI=1S/C12H24FN/c1-11(2)7-10(14-6-5-13)8-12(3,4)9-11/h10,14H,5-9H2,1-4H3. The van der Waals surface area contributed by atoms with Gasteiger partial charge >= 0.3 is 0 Å². The number of halogens is 1. The summed E-state index contributed by atoms with van der Waals surface area (Å²) in [4.78, 5) is 0. The van der Waals surface area contributed by atoms with Crippen molar-refractivity contribution in [3.05, 3.63) is 0 Å². The highest BCUT2D eigenvalue weighted by atomic mass is 19.1. The molecule has 0 aromatic rings. The zero-order chi connectivity index (χ0) is 10.8. The molecule has 0 aromatic carbocycles. The summed E-state index contributed by atoms with van der Waals surface area (Å²) in [6, 6.07) is 0.504. The van der Waals surface area contributed by atoms with E-state index in [1.54, 1.807) is 0 Å². The van der Waals surface area contributed by atoms with Crippen LogP contribution < -0.4 is 5.32 Å². The van der Waals surface area contributed by atoms with Crippen LogP contribution in [-0.2, 0) is 0 Å². The molecule has 14 heavy (non-hydrogen) atoms. The van der Waals surface area contributed by atoms with Gasteiger partial charge in [-0.25, -0.2) is 4.39 Å². The van der Waals surface area contributed by atoms with Gasteiger partial charge in [0.1, 0.15) is 6.67 Å². The third-order valence-electron chi connectivity index (χ3n) is 3.08. The predicted octanol–water partition coefficient (Wildman–Crippen LogP) is 3.15. The van der Waals surface area contributed by atoms with Crippen LogP contribution in [0.15, 0.2) is 0 Å². The Morgan fingerprint density at radius 1 is 1.14 bits per heavy atom. The summed E-state index contributed by atoms with van der Waals surface area (Å²) < 4.78 is 12.1. The van der Waals surface area contributed by atoms with Crippen molar-refractivity contribution in [2.45, 2.75) is 53.0 Å². The Kier molecular flexibility index (Phi) is 3.57. The van der Waals surface area contributed by atoms with E-state index in [0.29, 0.717) is 23.4 Å². The van der Waals surface area contributed by atoms with Crippen LogP contribution >= 0.6 is 0 Å². The van der Waals surface area contributed by atoms with Gasteiger partial charge in [-0.15, -0.1) is 0 Å². The van der Waals surface area contributed by atoms with E-state index in [4.69, 9.17) is 0 Å². The molecule has 0 aliphatic heterocycles. The van der Waals surface area contributed by atoms with Gasteiger partial charge in [-0.1, -0.05) is 27.7 Å². The lowest BCUT2D eigenvalue weighted by Gasteiger charge is -2.45. The van der Waals surface area contributed by atoms with Gasteiger partial charge in [-0.05, 0) is 30.1 Å². The molecule has 2 heteroatoms. The lowest BCUT2D eigenvalue weighted by atomic mass is 9.63. The zero-order valence-electron chi connectivity index (χ0n) is 9.99. The van der Waals surface area contributed by atoms with Gasteiger partial charge in [0.25, 0.3) is 0 Å². The van der Waals surface area contributed by atoms with Crippen molar-refractivity contribution in [2.75, 3.05) is 13.2 Å². The molecule has 0 atom stereocenters. The van der Waals surface area contributed by atoms with E-state index >= 15 is 0 Å². The van der Waals surface area contributed by atoms with Gasteiger partial charge in [-0.3, -0.25) is 0 Å². The van der Waals surface area contributed by atoms with Crippen molar-refractivity contribution in [2.24, 2.45) is 10.8 Å². The molecule has 0 radical (unpaired) electrons. The minimum Gasteiger partial charge on any atom is -0.311 e. The maximum absolute atomic E-state index is 12.1. The summed E-state index contributed by atoms with van der Waals surface area (Å²) in [5.41, 5.74) is 0.797. The smallest absolute Gasteiger partial charge is 0.102 e. The van der Waals surface area contributed by atoms with E-state index < -0.39 is 0 Å². The molecule has 1 aliphatic rings. The second-order valence-electron chi connectivity index (χ2n) is 6.25. The molecule has 1 N–H and O–H groups in total. The number of hydrogen-bond donors (Lipinski definition) is 1. The van der Waals surface area contributed by atoms with Crippen LogP contribution in [-0.4, -0.2) is 19.3 Å². The topological polar surface area (TPSA) is 12.0 Å². The van der Waals surface area contributed by atoms with Crippen LogP contribution in [0.5, 0.6) is 0 Å². The zero-order valence-corrected chi connectivity index (χ0v) is 9.99. The highest BCUT2D eigenvalue weighted by molar-refractivity contribution is 4.92. The first kappa shape index (κ1) is 12.0. The Labute approximate surface area is 87.5 Å². The third kappa shape index (κ3) is 3.56. The Hall–Kier alpha value is -0.110. The van der Waals surface area contributed by atoms with Crippen LogP contribution in [0.4, 0.5) is 4.39 Å². The lowest BCUT2D eigenvalue weighted by Crippen LogP contribution is -2.44. The summed E-state index contributed by atoms with van der Waals surface area (Å²) in [6.45, 7) is 9.53. The lowest BCUT2D eigenvalue weighted by molar-refractivity contribution is 0.0845. The molecule has 0 saturated heterocycles. The average Bonchev–Trinajstić information content (AvgIpc) is 1.94. The SMILES string of the molecule is CC1(C)CC(NCCF)CC(C)(C)C1. The molecule has 0 bridgehead atoms. The fourth-order valence-electron chi connectivity index (χ4n) is 3.25. The summed E-state index contributed by atoms with van der Waals surface area (Å²) in [5, 5.41) is 3.31. The molecule has 0 unspecified atom stereocenters. The van der Waals surface area contributed by atoms with Gasteiger partial charge in [0.15, 0.2) is 0 Å². The van der Waals surface area contributed by atoms with Crippen molar-refractivity contribution >= 4 is 0 Å². The number of rotatable bonds is 3. The molecule has 0 amide bonds. The largest absolute Gasteiger partial charge is 0.311 e. The Balaban J connectivity index is 2.53. The first-order valence-corrected chi connectivity index (χ1v) is 5.64. The normalized spacial score (nSPS) is 26.4. The van der Waals surface area contributed by atoms with Crippen LogP contribution in [0, 0.1) is 10.8 Å². The molecule has 1 fully saturated rings. The van der Waals surface area contributed by atoms with Crippen molar-refractivity contribution in [3.8, 4) is 0 Å². The molecular weight excluding hydrogens is 177 g/mol. The second kappa shape index (κ2) is 4.18. The second-order valence-corrected chi connectivity index (χ2v) is 6.25. The number of nitrogens with one attached hydrogen (secondary N) is 1. The van der Waals surface area contributed by atoms with Crippen molar-refractivity contribution < 1.29 is 4.39 Å². The number of hydrogen-bond acceptors (Lipinski definition) is 1. The maximum atomic E-state index is 12.1. The van der Waals surface area contributed by atoms with Gasteiger partial charge in [-0.2, -0.15) is 0 Å². The highest BCUT2D eigenvalue weighted by Gasteiger charge is 2.37. The first-order chi connectivity index (χ1) is 6.35. The van der Waals surface area contributed by atoms with Crippen LogP contribution in [0.25, 0.3) is 0 Å². The minimum atomic E-state index is -0.253. The van der Waals surface area contributed by atoms with Gasteiger partial charge < -0.3 is 5.32 Å². The summed E-state index contributed by atoms with van der Waals surface area (Å²) in [5.74, 6) is 0. The fourth-order valence-corrected chi connectivity index (χ4v) is 3.25. The Morgan fingerprint density at radius 2 is 1.64 bits per heavy atom. The fraction of sp³-hybridized carbons (Fsp3) is 1.00. The summed E-state index contributed by atoms with van der Waals surface area (Å²) >= 11 is 0. The quantitative estimate of drug-likeness (QED) is 0.739. The van der Waals surface area contributed by atoms with E-state index in [0.717, 1.165) is 0 Å². The number of alkyl halides is 1. The third-order valence-corrected chi connectivity index (χ3v) is 3.08. The van der Waals surface area contributed by atoms with E-state index in [1.165, 1.54) is 19.3 Å². The maximum Gasteiger partial charge on any atom is 0.102 e. The molecule has 1 aliphatic carbocycles. The monoisotopic (exact) mass is 201 g/mol. The van der Waals surface area contributed by atoms with Crippen LogP contribution in [0.1, 0.15) is 47.0 Å². The highest BCUT2D eigenvalue weighted by Crippen LogP contribution is 2.45. The van der Waals surface area contributed by atoms with Crippen molar-refractivity contribution in [1.29, 1.82) is 0 Å². The molecule has 1 saturated carbocycles. The molecule has 0 aromatic heterocycles. The molecule has 84 valence electrons. The van der Waals surface area contributed by atoms with Gasteiger partial charge in [0.05, 0.1) is 0 Å². The van der Waals surface area contributed by atoms with E-state index in [1.807, 2.05) is 0 Å². The average molecular weight is 201 g/mol. The van der Waals surface area contributed by atoms with Gasteiger partial charge in [0, 0.05) is 12.6 Å². The first-order valence-electron chi connectivity index (χ1n) is 5.64. The summed E-state index contributed by atoms with van der Waals surface area (Å²) in [6.07, 6.45) is 3.63. The van der Waals surface area contributed by atoms with Crippen molar-refractivity contribution in [1.82, 2.24) is 5.32 Å². The molecule has 0 heterocycles. The Morgan fingerprint density at radius 3 is 2.07 bits per heavy atom. The predicted molar refractivity (Wildman–Crippen MR) is 59.2 cm³/mol. The Bertz CT molecular complexity index is 171. The van der Waals surface area contributed by atoms with Crippen LogP contribution in [0.2, 0.25) is 0 Å².